The number of benzene rings is 1. The van der Waals surface area contributed by atoms with Gasteiger partial charge in [0.1, 0.15) is 0 Å². The van der Waals surface area contributed by atoms with Crippen LogP contribution in [0, 0.1) is 11.8 Å². The van der Waals surface area contributed by atoms with Gasteiger partial charge in [-0.3, -0.25) is 14.4 Å². The normalized spacial score (nSPS) is 21.1. The van der Waals surface area contributed by atoms with Crippen LogP contribution in [0.15, 0.2) is 24.3 Å². The molecular formula is C28H48N4O3. The minimum Gasteiger partial charge on any atom is -0.378 e. The van der Waals surface area contributed by atoms with Gasteiger partial charge in [0, 0.05) is 51.4 Å². The van der Waals surface area contributed by atoms with Gasteiger partial charge in [-0.1, -0.05) is 26.0 Å². The highest BCUT2D eigenvalue weighted by atomic mass is 16.7. The fraction of sp³-hybridized carbons (Fsp3) is 0.714. The number of hydrogen-bond acceptors (Lipinski definition) is 6. The number of nitrogens with zero attached hydrogens (tertiary/aromatic N) is 4. The fourth-order valence-electron chi connectivity index (χ4n) is 5.09. The second-order valence-electron chi connectivity index (χ2n) is 10.1. The minimum atomic E-state index is 0.110. The lowest BCUT2D eigenvalue weighted by Gasteiger charge is -2.33. The van der Waals surface area contributed by atoms with Crippen LogP contribution in [0.2, 0.25) is 0 Å². The zero-order valence-electron chi connectivity index (χ0n) is 23.0. The highest BCUT2D eigenvalue weighted by molar-refractivity contribution is 5.98. The van der Waals surface area contributed by atoms with Gasteiger partial charge in [-0.2, -0.15) is 0 Å². The van der Waals surface area contributed by atoms with E-state index in [0.29, 0.717) is 5.78 Å². The van der Waals surface area contributed by atoms with Crippen LogP contribution in [0.3, 0.4) is 0 Å². The van der Waals surface area contributed by atoms with Crippen LogP contribution in [-0.2, 0) is 9.63 Å². The van der Waals surface area contributed by atoms with Crippen molar-refractivity contribution in [2.75, 3.05) is 72.4 Å². The van der Waals surface area contributed by atoms with Gasteiger partial charge in [-0.25, -0.2) is 5.06 Å². The van der Waals surface area contributed by atoms with Crippen molar-refractivity contribution < 1.29 is 14.4 Å². The zero-order valence-corrected chi connectivity index (χ0v) is 23.0. The number of amides is 1. The number of piperidine rings is 2. The molecule has 35 heavy (non-hydrogen) atoms. The minimum absolute atomic E-state index is 0.110. The van der Waals surface area contributed by atoms with E-state index >= 15 is 0 Å². The Morgan fingerprint density at radius 1 is 0.943 bits per heavy atom. The Morgan fingerprint density at radius 2 is 1.51 bits per heavy atom. The molecule has 0 aromatic heterocycles. The lowest BCUT2D eigenvalue weighted by atomic mass is 9.89. The van der Waals surface area contributed by atoms with Crippen molar-refractivity contribution >= 4 is 17.4 Å². The number of Topliss-reactive ketones (excluding diaryl/α,β-unsaturated/α-hetero) is 1. The number of hydroxylamine groups is 2. The predicted octanol–water partition coefficient (Wildman–Crippen LogP) is 4.19. The van der Waals surface area contributed by atoms with Crippen LogP contribution in [-0.4, -0.2) is 94.1 Å². The molecule has 7 heteroatoms. The van der Waals surface area contributed by atoms with Crippen molar-refractivity contribution in [2.45, 2.75) is 52.4 Å². The Labute approximate surface area is 213 Å². The summed E-state index contributed by atoms with van der Waals surface area (Å²) in [6.45, 7) is 10.7. The molecule has 2 aliphatic rings. The van der Waals surface area contributed by atoms with E-state index in [2.05, 4.69) is 23.6 Å². The SMILES string of the molecule is CCCN1CCCC(C(=O)N(C)OC)C1.CCCN1CCCC(C(=O)c2cccc(N(C)C)c2)C1. The average Bonchev–Trinajstić information content (AvgIpc) is 2.88. The first-order chi connectivity index (χ1) is 16.8. The lowest BCUT2D eigenvalue weighted by Crippen LogP contribution is -2.43. The van der Waals surface area contributed by atoms with Gasteiger partial charge in [0.05, 0.1) is 13.0 Å². The number of carbonyl (C=O) groups is 2. The molecule has 2 unspecified atom stereocenters. The molecule has 2 fully saturated rings. The van der Waals surface area contributed by atoms with Gasteiger partial charge in [0.15, 0.2) is 5.78 Å². The quantitative estimate of drug-likeness (QED) is 0.384. The summed E-state index contributed by atoms with van der Waals surface area (Å²) in [6, 6.07) is 7.99. The summed E-state index contributed by atoms with van der Waals surface area (Å²) in [4.78, 5) is 36.3. The van der Waals surface area contributed by atoms with Gasteiger partial charge in [-0.15, -0.1) is 0 Å². The van der Waals surface area contributed by atoms with E-state index in [0.717, 1.165) is 89.0 Å². The molecule has 1 aromatic carbocycles. The summed E-state index contributed by atoms with van der Waals surface area (Å²) in [7, 11) is 7.23. The van der Waals surface area contributed by atoms with Gasteiger partial charge in [-0.05, 0) is 76.8 Å². The highest BCUT2D eigenvalue weighted by Crippen LogP contribution is 2.23. The maximum absolute atomic E-state index is 12.7. The first-order valence-electron chi connectivity index (χ1n) is 13.4. The van der Waals surface area contributed by atoms with Crippen molar-refractivity contribution in [3.63, 3.8) is 0 Å². The second-order valence-corrected chi connectivity index (χ2v) is 10.1. The number of rotatable bonds is 9. The fourth-order valence-corrected chi connectivity index (χ4v) is 5.09. The van der Waals surface area contributed by atoms with Gasteiger partial charge in [0.25, 0.3) is 0 Å². The summed E-state index contributed by atoms with van der Waals surface area (Å²) in [5.41, 5.74) is 1.96. The summed E-state index contributed by atoms with van der Waals surface area (Å²) in [6.07, 6.45) is 6.60. The molecule has 2 heterocycles. The van der Waals surface area contributed by atoms with Gasteiger partial charge in [0.2, 0.25) is 5.91 Å². The van der Waals surface area contributed by atoms with Crippen LogP contribution in [0.25, 0.3) is 0 Å². The van der Waals surface area contributed by atoms with Crippen molar-refractivity contribution in [3.05, 3.63) is 29.8 Å². The van der Waals surface area contributed by atoms with Crippen molar-refractivity contribution in [1.82, 2.24) is 14.9 Å². The zero-order chi connectivity index (χ0) is 25.8. The van der Waals surface area contributed by atoms with Crippen molar-refractivity contribution in [1.29, 1.82) is 0 Å². The number of ketones is 1. The van der Waals surface area contributed by atoms with Crippen LogP contribution < -0.4 is 4.90 Å². The molecule has 0 radical (unpaired) electrons. The van der Waals surface area contributed by atoms with E-state index in [9.17, 15) is 9.59 Å². The Bertz CT molecular complexity index is 781. The topological polar surface area (TPSA) is 56.3 Å². The average molecular weight is 489 g/mol. The third-order valence-electron chi connectivity index (χ3n) is 7.04. The molecule has 3 rings (SSSR count). The summed E-state index contributed by atoms with van der Waals surface area (Å²) in [5.74, 6) is 0.718. The molecule has 2 aliphatic heterocycles. The van der Waals surface area contributed by atoms with E-state index in [-0.39, 0.29) is 17.7 Å². The van der Waals surface area contributed by atoms with Crippen molar-refractivity contribution in [3.8, 4) is 0 Å². The smallest absolute Gasteiger partial charge is 0.250 e. The Morgan fingerprint density at radius 3 is 2.06 bits per heavy atom. The van der Waals surface area contributed by atoms with Gasteiger partial charge >= 0.3 is 0 Å². The first kappa shape index (κ1) is 29.3. The summed E-state index contributed by atoms with van der Waals surface area (Å²) >= 11 is 0. The third kappa shape index (κ3) is 9.21. The third-order valence-corrected chi connectivity index (χ3v) is 7.04. The predicted molar refractivity (Wildman–Crippen MR) is 144 cm³/mol. The number of hydrogen-bond donors (Lipinski definition) is 0. The largest absolute Gasteiger partial charge is 0.378 e. The summed E-state index contributed by atoms with van der Waals surface area (Å²) < 4.78 is 0. The molecular weight excluding hydrogens is 440 g/mol. The van der Waals surface area contributed by atoms with Gasteiger partial charge < -0.3 is 14.7 Å². The molecule has 0 bridgehead atoms. The molecule has 0 saturated carbocycles. The first-order valence-corrected chi connectivity index (χ1v) is 13.4. The number of anilines is 1. The second kappa shape index (κ2) is 15.2. The van der Waals surface area contributed by atoms with Crippen LogP contribution in [0.4, 0.5) is 5.69 Å². The molecule has 0 N–H and O–H groups in total. The van der Waals surface area contributed by atoms with E-state index in [4.69, 9.17) is 4.84 Å². The van der Waals surface area contributed by atoms with Crippen LogP contribution in [0.5, 0.6) is 0 Å². The highest BCUT2D eigenvalue weighted by Gasteiger charge is 2.28. The number of carbonyl (C=O) groups excluding carboxylic acids is 2. The monoisotopic (exact) mass is 488 g/mol. The Hall–Kier alpha value is -1.96. The molecule has 0 spiro atoms. The van der Waals surface area contributed by atoms with E-state index < -0.39 is 0 Å². The summed E-state index contributed by atoms with van der Waals surface area (Å²) in [5, 5.41) is 1.35. The standard InChI is InChI=1S/C17H26N2O.C11H22N2O2/c1-4-10-19-11-6-8-15(13-19)17(20)14-7-5-9-16(12-14)18(2)3;1-4-7-13-8-5-6-10(9-13)11(14)12(2)15-3/h5,7,9,12,15H,4,6,8,10-11,13H2,1-3H3;10H,4-9H2,1-3H3. The van der Waals surface area contributed by atoms with E-state index in [1.165, 1.54) is 12.2 Å². The number of likely N-dealkylation sites (tertiary alicyclic amines) is 2. The molecule has 7 nitrogen and oxygen atoms in total. The molecule has 2 saturated heterocycles. The molecule has 1 amide bonds. The van der Waals surface area contributed by atoms with Crippen LogP contribution >= 0.6 is 0 Å². The maximum atomic E-state index is 12.7. The van der Waals surface area contributed by atoms with E-state index in [1.54, 1.807) is 7.05 Å². The van der Waals surface area contributed by atoms with Crippen LogP contribution in [0.1, 0.15) is 62.7 Å². The molecule has 1 aromatic rings. The Balaban J connectivity index is 0.000000258. The molecule has 198 valence electrons. The Kier molecular flexibility index (Phi) is 12.7. The van der Waals surface area contributed by atoms with E-state index in [1.807, 2.05) is 43.3 Å². The van der Waals surface area contributed by atoms with Crippen molar-refractivity contribution in [2.24, 2.45) is 11.8 Å². The maximum Gasteiger partial charge on any atom is 0.250 e. The molecule has 0 aliphatic carbocycles. The molecule has 2 atom stereocenters. The lowest BCUT2D eigenvalue weighted by molar-refractivity contribution is -0.175.